The lowest BCUT2D eigenvalue weighted by atomic mass is 10.2. The fourth-order valence-corrected chi connectivity index (χ4v) is 2.56. The number of benzene rings is 1. The maximum atomic E-state index is 11.7. The Morgan fingerprint density at radius 2 is 1.96 bits per heavy atom. The van der Waals surface area contributed by atoms with E-state index in [1.165, 1.54) is 7.11 Å². The molecule has 0 aliphatic carbocycles. The molecule has 2 aromatic rings. The molecular formula is C16H20N4O5S. The van der Waals surface area contributed by atoms with Crippen molar-refractivity contribution >= 4 is 23.6 Å². The number of aromatic nitrogens is 2. The van der Waals surface area contributed by atoms with Gasteiger partial charge in [-0.15, -0.1) is 10.2 Å². The standard InChI is InChI=1S/C16H20N4O5S/c1-4-17-13(21)8-18-14(22)9-26-16-20-19-15(25-16)11-6-5-10(23-2)7-12(11)24-3/h5-7H,4,8-9H2,1-3H3,(H,17,21)(H,18,22). The first-order valence-corrected chi connectivity index (χ1v) is 8.78. The largest absolute Gasteiger partial charge is 0.497 e. The van der Waals surface area contributed by atoms with Crippen molar-refractivity contribution in [3.05, 3.63) is 18.2 Å². The van der Waals surface area contributed by atoms with Crippen molar-refractivity contribution in [3.8, 4) is 23.0 Å². The minimum absolute atomic E-state index is 0.0563. The van der Waals surface area contributed by atoms with Crippen molar-refractivity contribution in [2.24, 2.45) is 0 Å². The summed E-state index contributed by atoms with van der Waals surface area (Å²) in [5, 5.41) is 13.2. The Bertz CT molecular complexity index is 765. The molecule has 0 radical (unpaired) electrons. The number of ether oxygens (including phenoxy) is 2. The molecule has 0 spiro atoms. The fourth-order valence-electron chi connectivity index (χ4n) is 1.97. The average Bonchev–Trinajstić information content (AvgIpc) is 3.13. The molecule has 0 atom stereocenters. The number of amides is 2. The van der Waals surface area contributed by atoms with E-state index < -0.39 is 0 Å². The van der Waals surface area contributed by atoms with Crippen LogP contribution in [0, 0.1) is 0 Å². The first-order chi connectivity index (χ1) is 12.6. The zero-order valence-electron chi connectivity index (χ0n) is 14.7. The second kappa shape index (κ2) is 9.66. The van der Waals surface area contributed by atoms with E-state index in [4.69, 9.17) is 13.9 Å². The van der Waals surface area contributed by atoms with Crippen LogP contribution in [0.15, 0.2) is 27.8 Å². The van der Waals surface area contributed by atoms with Crippen LogP contribution in [-0.4, -0.2) is 55.1 Å². The molecule has 2 N–H and O–H groups in total. The van der Waals surface area contributed by atoms with Crippen LogP contribution in [0.2, 0.25) is 0 Å². The van der Waals surface area contributed by atoms with Crippen molar-refractivity contribution in [2.75, 3.05) is 33.1 Å². The molecule has 140 valence electrons. The van der Waals surface area contributed by atoms with Gasteiger partial charge in [-0.05, 0) is 19.1 Å². The van der Waals surface area contributed by atoms with Crippen LogP contribution in [0.4, 0.5) is 0 Å². The highest BCUT2D eigenvalue weighted by Gasteiger charge is 2.16. The summed E-state index contributed by atoms with van der Waals surface area (Å²) in [5.41, 5.74) is 0.619. The Labute approximate surface area is 154 Å². The quantitative estimate of drug-likeness (QED) is 0.621. The van der Waals surface area contributed by atoms with Gasteiger partial charge in [0.2, 0.25) is 11.8 Å². The normalized spacial score (nSPS) is 10.3. The summed E-state index contributed by atoms with van der Waals surface area (Å²) in [6, 6.07) is 5.21. The molecule has 0 fully saturated rings. The minimum atomic E-state index is -0.303. The van der Waals surface area contributed by atoms with Gasteiger partial charge in [-0.25, -0.2) is 0 Å². The van der Waals surface area contributed by atoms with Crippen molar-refractivity contribution in [1.82, 2.24) is 20.8 Å². The summed E-state index contributed by atoms with van der Waals surface area (Å²) in [6.45, 7) is 2.26. The topological polar surface area (TPSA) is 116 Å². The molecular weight excluding hydrogens is 360 g/mol. The van der Waals surface area contributed by atoms with Crippen LogP contribution in [0.1, 0.15) is 6.92 Å². The van der Waals surface area contributed by atoms with E-state index in [0.29, 0.717) is 23.6 Å². The van der Waals surface area contributed by atoms with Crippen LogP contribution in [0.25, 0.3) is 11.5 Å². The van der Waals surface area contributed by atoms with Gasteiger partial charge in [0.25, 0.3) is 11.1 Å². The number of hydrogen-bond acceptors (Lipinski definition) is 8. The smallest absolute Gasteiger partial charge is 0.277 e. The number of carbonyl (C=O) groups is 2. The summed E-state index contributed by atoms with van der Waals surface area (Å²) >= 11 is 1.08. The van der Waals surface area contributed by atoms with Crippen LogP contribution >= 0.6 is 11.8 Å². The van der Waals surface area contributed by atoms with E-state index in [1.807, 2.05) is 0 Å². The van der Waals surface area contributed by atoms with Crippen molar-refractivity contribution < 1.29 is 23.5 Å². The molecule has 1 aromatic heterocycles. The molecule has 2 amide bonds. The van der Waals surface area contributed by atoms with E-state index >= 15 is 0 Å². The highest BCUT2D eigenvalue weighted by Crippen LogP contribution is 2.33. The average molecular weight is 380 g/mol. The number of thioether (sulfide) groups is 1. The molecule has 1 heterocycles. The Balaban J connectivity index is 1.94. The molecule has 0 saturated heterocycles. The summed E-state index contributed by atoms with van der Waals surface area (Å²) in [4.78, 5) is 23.0. The molecule has 0 unspecified atom stereocenters. The molecule has 2 rings (SSSR count). The summed E-state index contributed by atoms with van der Waals surface area (Å²) in [7, 11) is 3.09. The van der Waals surface area contributed by atoms with E-state index in [9.17, 15) is 9.59 Å². The Hall–Kier alpha value is -2.75. The van der Waals surface area contributed by atoms with Gasteiger partial charge in [0.15, 0.2) is 0 Å². The molecule has 0 saturated carbocycles. The van der Waals surface area contributed by atoms with E-state index in [-0.39, 0.29) is 35.2 Å². The third-order valence-electron chi connectivity index (χ3n) is 3.19. The predicted molar refractivity (Wildman–Crippen MR) is 95.3 cm³/mol. The third kappa shape index (κ3) is 5.38. The van der Waals surface area contributed by atoms with Crippen LogP contribution in [0.3, 0.4) is 0 Å². The van der Waals surface area contributed by atoms with Gasteiger partial charge >= 0.3 is 0 Å². The van der Waals surface area contributed by atoms with E-state index in [2.05, 4.69) is 20.8 Å². The fraction of sp³-hybridized carbons (Fsp3) is 0.375. The zero-order valence-corrected chi connectivity index (χ0v) is 15.5. The van der Waals surface area contributed by atoms with Gasteiger partial charge in [-0.1, -0.05) is 11.8 Å². The SMILES string of the molecule is CCNC(=O)CNC(=O)CSc1nnc(-c2ccc(OC)cc2OC)o1. The molecule has 0 aliphatic rings. The Morgan fingerprint density at radius 3 is 2.65 bits per heavy atom. The first-order valence-electron chi connectivity index (χ1n) is 7.79. The number of carbonyl (C=O) groups excluding carboxylic acids is 2. The van der Waals surface area contributed by atoms with Gasteiger partial charge in [0.1, 0.15) is 11.5 Å². The van der Waals surface area contributed by atoms with Gasteiger partial charge < -0.3 is 24.5 Å². The Morgan fingerprint density at radius 1 is 1.15 bits per heavy atom. The molecule has 10 heteroatoms. The van der Waals surface area contributed by atoms with Gasteiger partial charge in [0, 0.05) is 12.6 Å². The monoisotopic (exact) mass is 380 g/mol. The lowest BCUT2D eigenvalue weighted by Crippen LogP contribution is -2.37. The van der Waals surface area contributed by atoms with Crippen LogP contribution in [0.5, 0.6) is 11.5 Å². The van der Waals surface area contributed by atoms with E-state index in [1.54, 1.807) is 32.2 Å². The number of nitrogens with zero attached hydrogens (tertiary/aromatic N) is 2. The maximum Gasteiger partial charge on any atom is 0.277 e. The van der Waals surface area contributed by atoms with Crippen molar-refractivity contribution in [3.63, 3.8) is 0 Å². The first kappa shape index (κ1) is 19.6. The number of likely N-dealkylation sites (N-methyl/N-ethyl adjacent to an activating group) is 1. The lowest BCUT2D eigenvalue weighted by Gasteiger charge is -2.07. The number of methoxy groups -OCH3 is 2. The molecule has 0 bridgehead atoms. The van der Waals surface area contributed by atoms with Crippen molar-refractivity contribution in [1.29, 1.82) is 0 Å². The lowest BCUT2D eigenvalue weighted by molar-refractivity contribution is -0.124. The Kier molecular flexibility index (Phi) is 7.27. The molecule has 0 aliphatic heterocycles. The summed E-state index contributed by atoms with van der Waals surface area (Å²) in [5.74, 6) is 0.962. The summed E-state index contributed by atoms with van der Waals surface area (Å²) < 4.78 is 16.0. The van der Waals surface area contributed by atoms with Crippen LogP contribution in [-0.2, 0) is 9.59 Å². The molecule has 1 aromatic carbocycles. The molecule has 9 nitrogen and oxygen atoms in total. The van der Waals surface area contributed by atoms with Crippen molar-refractivity contribution in [2.45, 2.75) is 12.1 Å². The van der Waals surface area contributed by atoms with Crippen LogP contribution < -0.4 is 20.1 Å². The number of rotatable bonds is 9. The second-order valence-corrected chi connectivity index (χ2v) is 5.88. The highest BCUT2D eigenvalue weighted by atomic mass is 32.2. The number of nitrogens with one attached hydrogen (secondary N) is 2. The van der Waals surface area contributed by atoms with Gasteiger partial charge in [0.05, 0.1) is 32.1 Å². The zero-order chi connectivity index (χ0) is 18.9. The van der Waals surface area contributed by atoms with Gasteiger partial charge in [-0.3, -0.25) is 9.59 Å². The third-order valence-corrected chi connectivity index (χ3v) is 4.01. The highest BCUT2D eigenvalue weighted by molar-refractivity contribution is 7.99. The minimum Gasteiger partial charge on any atom is -0.497 e. The predicted octanol–water partition coefficient (Wildman–Crippen LogP) is 1.10. The van der Waals surface area contributed by atoms with Gasteiger partial charge in [-0.2, -0.15) is 0 Å². The van der Waals surface area contributed by atoms with E-state index in [0.717, 1.165) is 11.8 Å². The number of hydrogen-bond donors (Lipinski definition) is 2. The second-order valence-electron chi connectivity index (χ2n) is 4.96. The summed E-state index contributed by atoms with van der Waals surface area (Å²) in [6.07, 6.45) is 0. The molecule has 26 heavy (non-hydrogen) atoms. The maximum absolute atomic E-state index is 11.7.